The van der Waals surface area contributed by atoms with Crippen LogP contribution in [-0.2, 0) is 14.5 Å². The van der Waals surface area contributed by atoms with Gasteiger partial charge in [-0.2, -0.15) is 0 Å². The fourth-order valence-electron chi connectivity index (χ4n) is 4.38. The number of phenolic OH excluding ortho intramolecular Hbond substituents is 1. The Balaban J connectivity index is 1.65. The summed E-state index contributed by atoms with van der Waals surface area (Å²) >= 11 is 3.43. The zero-order valence-corrected chi connectivity index (χ0v) is 19.4. The molecule has 4 rings (SSSR count). The highest BCUT2D eigenvalue weighted by atomic mass is 79.9. The summed E-state index contributed by atoms with van der Waals surface area (Å²) in [5.41, 5.74) is 3.90. The summed E-state index contributed by atoms with van der Waals surface area (Å²) < 4.78 is 31.6. The van der Waals surface area contributed by atoms with Crippen molar-refractivity contribution in [2.24, 2.45) is 0 Å². The Morgan fingerprint density at radius 2 is 2.16 bits per heavy atom. The zero-order valence-electron chi connectivity index (χ0n) is 17.0. The van der Waals surface area contributed by atoms with Crippen molar-refractivity contribution in [3.8, 4) is 5.75 Å². The summed E-state index contributed by atoms with van der Waals surface area (Å²) in [6.45, 7) is 1.83. The van der Waals surface area contributed by atoms with Crippen LogP contribution in [0.4, 0.5) is 0 Å². The number of hydrogen-bond donors (Lipinski definition) is 2. The first-order chi connectivity index (χ1) is 14.7. The molecule has 6 nitrogen and oxygen atoms in total. The monoisotopic (exact) mass is 503 g/mol. The standard InChI is InChI=1S/C22H23BBrNO5S/c1-14-13-31(28,29)21-12-23(27)30-20(22(14)21)8-5-15(18-4-2-3-9-25-18)10-16-11-17(24)6-7-19(16)26/h2-4,6-7,9-11,20-21,26-27H,5,8,12-13H2,1H3/b15-10-/t20-,21+/m1/s1. The van der Waals surface area contributed by atoms with E-state index in [4.69, 9.17) is 4.65 Å². The van der Waals surface area contributed by atoms with Gasteiger partial charge in [0.05, 0.1) is 22.8 Å². The van der Waals surface area contributed by atoms with Crippen LogP contribution in [-0.4, -0.2) is 47.8 Å². The Kier molecular flexibility index (Phi) is 6.39. The smallest absolute Gasteiger partial charge is 0.456 e. The summed E-state index contributed by atoms with van der Waals surface area (Å²) in [5, 5.41) is 19.8. The Bertz CT molecular complexity index is 1150. The topological polar surface area (TPSA) is 96.7 Å². The molecule has 0 unspecified atom stereocenters. The van der Waals surface area contributed by atoms with E-state index in [0.29, 0.717) is 18.4 Å². The van der Waals surface area contributed by atoms with E-state index in [9.17, 15) is 18.5 Å². The van der Waals surface area contributed by atoms with Gasteiger partial charge < -0.3 is 14.8 Å². The van der Waals surface area contributed by atoms with E-state index in [-0.39, 0.29) is 17.8 Å². The third-order valence-electron chi connectivity index (χ3n) is 5.76. The summed E-state index contributed by atoms with van der Waals surface area (Å²) in [7, 11) is -4.39. The van der Waals surface area contributed by atoms with Crippen LogP contribution < -0.4 is 0 Å². The molecule has 1 aromatic heterocycles. The van der Waals surface area contributed by atoms with Gasteiger partial charge in [0.1, 0.15) is 5.75 Å². The van der Waals surface area contributed by atoms with Gasteiger partial charge in [-0.25, -0.2) is 8.42 Å². The van der Waals surface area contributed by atoms with E-state index in [2.05, 4.69) is 20.9 Å². The first-order valence-corrected chi connectivity index (χ1v) is 12.6. The van der Waals surface area contributed by atoms with Gasteiger partial charge in [-0.1, -0.05) is 27.6 Å². The number of pyridine rings is 1. The lowest BCUT2D eigenvalue weighted by atomic mass is 9.74. The molecule has 2 aliphatic heterocycles. The number of aromatic hydroxyl groups is 1. The van der Waals surface area contributed by atoms with Crippen LogP contribution in [0.25, 0.3) is 11.6 Å². The second-order valence-corrected chi connectivity index (χ2v) is 11.1. The van der Waals surface area contributed by atoms with Crippen LogP contribution in [0.3, 0.4) is 0 Å². The molecule has 0 bridgehead atoms. The molecule has 0 spiro atoms. The molecule has 1 fully saturated rings. The van der Waals surface area contributed by atoms with Crippen LogP contribution in [0.1, 0.15) is 31.0 Å². The minimum Gasteiger partial charge on any atom is -0.507 e. The summed E-state index contributed by atoms with van der Waals surface area (Å²) in [5.74, 6) is 0.176. The van der Waals surface area contributed by atoms with Crippen LogP contribution in [0, 0.1) is 0 Å². The number of rotatable bonds is 5. The van der Waals surface area contributed by atoms with E-state index in [1.807, 2.05) is 37.3 Å². The number of halogens is 1. The van der Waals surface area contributed by atoms with Gasteiger partial charge >= 0.3 is 7.12 Å². The van der Waals surface area contributed by atoms with Gasteiger partial charge in [0, 0.05) is 22.6 Å². The first-order valence-electron chi connectivity index (χ1n) is 10.1. The van der Waals surface area contributed by atoms with Crippen molar-refractivity contribution in [3.05, 3.63) is 69.5 Å². The molecule has 2 N–H and O–H groups in total. The predicted molar refractivity (Wildman–Crippen MR) is 125 cm³/mol. The molecule has 3 heterocycles. The minimum absolute atomic E-state index is 0.0223. The summed E-state index contributed by atoms with van der Waals surface area (Å²) in [4.78, 5) is 4.45. The third-order valence-corrected chi connectivity index (χ3v) is 8.41. The fraction of sp³-hybridized carbons (Fsp3) is 0.318. The van der Waals surface area contributed by atoms with Crippen molar-refractivity contribution in [3.63, 3.8) is 0 Å². The molecule has 2 aliphatic rings. The quantitative estimate of drug-likeness (QED) is 0.475. The van der Waals surface area contributed by atoms with Gasteiger partial charge in [0.15, 0.2) is 9.84 Å². The van der Waals surface area contributed by atoms with Crippen molar-refractivity contribution >= 4 is 44.5 Å². The molecule has 0 amide bonds. The normalized spacial score (nSPS) is 23.2. The van der Waals surface area contributed by atoms with Gasteiger partial charge in [0.2, 0.25) is 0 Å². The number of fused-ring (bicyclic) bond motifs is 1. The Morgan fingerprint density at radius 3 is 2.90 bits per heavy atom. The fourth-order valence-corrected chi connectivity index (χ4v) is 6.92. The molecule has 9 heteroatoms. The number of allylic oxidation sites excluding steroid dienone is 1. The van der Waals surface area contributed by atoms with Crippen molar-refractivity contribution in [2.75, 3.05) is 5.75 Å². The molecule has 2 aromatic rings. The van der Waals surface area contributed by atoms with Crippen molar-refractivity contribution in [2.45, 2.75) is 37.4 Å². The first kappa shape index (κ1) is 22.3. The molecule has 31 heavy (non-hydrogen) atoms. The van der Waals surface area contributed by atoms with E-state index >= 15 is 0 Å². The molecule has 2 atom stereocenters. The lowest BCUT2D eigenvalue weighted by Gasteiger charge is -2.31. The van der Waals surface area contributed by atoms with Gasteiger partial charge in [-0.3, -0.25) is 4.98 Å². The summed E-state index contributed by atoms with van der Waals surface area (Å²) in [6.07, 6.45) is 4.22. The second kappa shape index (κ2) is 8.90. The average molecular weight is 504 g/mol. The largest absolute Gasteiger partial charge is 0.507 e. The SMILES string of the molecule is CC1=C2[C@@H](CC/C(=C/c3cc(Br)ccc3O)c3ccccn3)OB(O)C[C@@H]2S(=O)(=O)C1. The number of sulfone groups is 1. The van der Waals surface area contributed by atoms with Crippen LogP contribution in [0.5, 0.6) is 5.75 Å². The Hall–Kier alpha value is -1.94. The minimum atomic E-state index is -3.29. The maximum absolute atomic E-state index is 12.5. The van der Waals surface area contributed by atoms with Crippen molar-refractivity contribution < 1.29 is 23.2 Å². The zero-order chi connectivity index (χ0) is 22.2. The number of nitrogens with zero attached hydrogens (tertiary/aromatic N) is 1. The highest BCUT2D eigenvalue weighted by Gasteiger charge is 2.47. The van der Waals surface area contributed by atoms with E-state index in [1.165, 1.54) is 0 Å². The van der Waals surface area contributed by atoms with Crippen LogP contribution in [0.2, 0.25) is 6.32 Å². The molecule has 0 aliphatic carbocycles. The van der Waals surface area contributed by atoms with Crippen molar-refractivity contribution in [1.82, 2.24) is 4.98 Å². The molecule has 162 valence electrons. The highest BCUT2D eigenvalue weighted by Crippen LogP contribution is 2.40. The van der Waals surface area contributed by atoms with Crippen molar-refractivity contribution in [1.29, 1.82) is 0 Å². The maximum atomic E-state index is 12.5. The van der Waals surface area contributed by atoms with E-state index in [1.54, 1.807) is 18.3 Å². The van der Waals surface area contributed by atoms with Gasteiger partial charge in [-0.15, -0.1) is 0 Å². The number of hydrogen-bond acceptors (Lipinski definition) is 6. The van der Waals surface area contributed by atoms with Crippen LogP contribution in [0.15, 0.2) is 58.2 Å². The molecule has 1 aromatic carbocycles. The molecule has 0 radical (unpaired) electrons. The highest BCUT2D eigenvalue weighted by molar-refractivity contribution is 9.10. The lowest BCUT2D eigenvalue weighted by molar-refractivity contribution is 0.171. The van der Waals surface area contributed by atoms with E-state index in [0.717, 1.165) is 26.9 Å². The summed E-state index contributed by atoms with van der Waals surface area (Å²) in [6, 6.07) is 10.8. The number of aromatic nitrogens is 1. The maximum Gasteiger partial charge on any atom is 0.456 e. The predicted octanol–water partition coefficient (Wildman–Crippen LogP) is 3.86. The Morgan fingerprint density at radius 1 is 1.35 bits per heavy atom. The molecule has 1 saturated heterocycles. The molecular weight excluding hydrogens is 481 g/mol. The Labute approximate surface area is 190 Å². The lowest BCUT2D eigenvalue weighted by Crippen LogP contribution is -2.41. The second-order valence-electron chi connectivity index (χ2n) is 7.97. The third kappa shape index (κ3) is 4.79. The average Bonchev–Trinajstić information content (AvgIpc) is 2.96. The van der Waals surface area contributed by atoms with Gasteiger partial charge in [-0.05, 0) is 67.3 Å². The number of benzene rings is 1. The van der Waals surface area contributed by atoms with Gasteiger partial charge in [0.25, 0.3) is 0 Å². The molecule has 0 saturated carbocycles. The van der Waals surface area contributed by atoms with E-state index < -0.39 is 28.3 Å². The van der Waals surface area contributed by atoms with Crippen LogP contribution >= 0.6 is 15.9 Å². The number of phenols is 1. The molecular formula is C22H23BBrNO5S.